The highest BCUT2D eigenvalue weighted by atomic mass is 35.5. The third-order valence-electron chi connectivity index (χ3n) is 2.76. The molecule has 0 spiro atoms. The Kier molecular flexibility index (Phi) is 2.70. The molecule has 1 aromatic carbocycles. The van der Waals surface area contributed by atoms with Gasteiger partial charge in [-0.1, -0.05) is 17.7 Å². The molecule has 1 unspecified atom stereocenters. The van der Waals surface area contributed by atoms with E-state index < -0.39 is 17.7 Å². The molecular weight excluding hydrogens is 241 g/mol. The smallest absolute Gasteiger partial charge is 0.299 e. The first-order valence-electron chi connectivity index (χ1n) is 4.79. The van der Waals surface area contributed by atoms with Crippen LogP contribution in [0.1, 0.15) is 29.9 Å². The molecule has 5 heteroatoms. The van der Waals surface area contributed by atoms with Crippen molar-refractivity contribution in [1.29, 1.82) is 0 Å². The van der Waals surface area contributed by atoms with Crippen LogP contribution >= 0.6 is 11.6 Å². The van der Waals surface area contributed by atoms with Crippen LogP contribution < -0.4 is 0 Å². The number of carbonyl (C=O) groups excluding carboxylic acids is 1. The normalized spacial score (nSPS) is 20.8. The van der Waals surface area contributed by atoms with Crippen LogP contribution in [-0.4, -0.2) is 5.78 Å². The maximum atomic E-state index is 12.7. The number of Topliss-reactive ketones (excluding diaryl/α,β-unsaturated/α-hetero) is 1. The van der Waals surface area contributed by atoms with Gasteiger partial charge in [0, 0.05) is 17.4 Å². The third kappa shape index (κ3) is 1.94. The number of rotatable bonds is 1. The minimum atomic E-state index is -4.46. The molecule has 0 saturated heterocycles. The Morgan fingerprint density at radius 2 is 2.00 bits per heavy atom. The van der Waals surface area contributed by atoms with Gasteiger partial charge in [-0.15, -0.1) is 0 Å². The Balaban J connectivity index is 2.48. The maximum absolute atomic E-state index is 12.7. The third-order valence-corrected chi connectivity index (χ3v) is 3.00. The van der Waals surface area contributed by atoms with Crippen LogP contribution in [-0.2, 0) is 11.0 Å². The average molecular weight is 249 g/mol. The Labute approximate surface area is 95.2 Å². The molecule has 0 amide bonds. The fourth-order valence-corrected chi connectivity index (χ4v) is 1.99. The number of hydrogen-bond acceptors (Lipinski definition) is 1. The highest BCUT2D eigenvalue weighted by Crippen LogP contribution is 2.41. The Bertz CT molecular complexity index is 439. The van der Waals surface area contributed by atoms with E-state index in [4.69, 9.17) is 11.6 Å². The van der Waals surface area contributed by atoms with Gasteiger partial charge in [0.15, 0.2) is 0 Å². The second-order valence-corrected chi connectivity index (χ2v) is 4.22. The van der Waals surface area contributed by atoms with E-state index in [0.29, 0.717) is 12.8 Å². The first-order valence-corrected chi connectivity index (χ1v) is 5.17. The summed E-state index contributed by atoms with van der Waals surface area (Å²) < 4.78 is 38.1. The average Bonchev–Trinajstić information content (AvgIpc) is 2.17. The molecule has 0 bridgehead atoms. The molecule has 0 radical (unpaired) electrons. The van der Waals surface area contributed by atoms with Crippen molar-refractivity contribution in [3.63, 3.8) is 0 Å². The maximum Gasteiger partial charge on any atom is 0.416 e. The highest BCUT2D eigenvalue weighted by molar-refractivity contribution is 6.30. The molecule has 1 saturated carbocycles. The van der Waals surface area contributed by atoms with Crippen LogP contribution in [0.4, 0.5) is 13.2 Å². The van der Waals surface area contributed by atoms with Gasteiger partial charge in [0.05, 0.1) is 5.56 Å². The lowest BCUT2D eigenvalue weighted by Crippen LogP contribution is -2.26. The van der Waals surface area contributed by atoms with Gasteiger partial charge < -0.3 is 0 Å². The van der Waals surface area contributed by atoms with Crippen molar-refractivity contribution in [2.75, 3.05) is 0 Å². The summed E-state index contributed by atoms with van der Waals surface area (Å²) in [4.78, 5) is 11.2. The van der Waals surface area contributed by atoms with Gasteiger partial charge in [-0.05, 0) is 24.1 Å². The van der Waals surface area contributed by atoms with E-state index in [1.807, 2.05) is 0 Å². The molecule has 1 aliphatic rings. The summed E-state index contributed by atoms with van der Waals surface area (Å²) in [5.41, 5.74) is -0.744. The van der Waals surface area contributed by atoms with E-state index in [9.17, 15) is 18.0 Å². The summed E-state index contributed by atoms with van der Waals surface area (Å²) >= 11 is 5.54. The van der Waals surface area contributed by atoms with Gasteiger partial charge in [0.1, 0.15) is 5.78 Å². The second kappa shape index (κ2) is 3.77. The Morgan fingerprint density at radius 3 is 2.44 bits per heavy atom. The van der Waals surface area contributed by atoms with Gasteiger partial charge in [-0.25, -0.2) is 0 Å². The van der Waals surface area contributed by atoms with Gasteiger partial charge in [0.2, 0.25) is 0 Å². The Morgan fingerprint density at radius 1 is 1.31 bits per heavy atom. The minimum absolute atomic E-state index is 0.0304. The zero-order chi connectivity index (χ0) is 11.9. The summed E-state index contributed by atoms with van der Waals surface area (Å²) in [6.45, 7) is 0. The molecular formula is C11H8ClF3O. The fourth-order valence-electron chi connectivity index (χ4n) is 1.81. The number of ketones is 1. The molecule has 1 aromatic rings. The summed E-state index contributed by atoms with van der Waals surface area (Å²) in [5.74, 6) is -0.735. The number of alkyl halides is 3. The topological polar surface area (TPSA) is 17.1 Å². The van der Waals surface area contributed by atoms with Crippen molar-refractivity contribution in [3.8, 4) is 0 Å². The molecule has 0 N–H and O–H groups in total. The number of carbonyl (C=O) groups is 1. The molecule has 16 heavy (non-hydrogen) atoms. The van der Waals surface area contributed by atoms with Crippen LogP contribution in [0.5, 0.6) is 0 Å². The van der Waals surface area contributed by atoms with E-state index >= 15 is 0 Å². The monoisotopic (exact) mass is 248 g/mol. The zero-order valence-corrected chi connectivity index (χ0v) is 8.90. The molecule has 0 aliphatic heterocycles. The lowest BCUT2D eigenvalue weighted by atomic mass is 9.77. The lowest BCUT2D eigenvalue weighted by molar-refractivity contribution is -0.139. The largest absolute Gasteiger partial charge is 0.416 e. The molecule has 0 aromatic heterocycles. The van der Waals surface area contributed by atoms with Crippen LogP contribution in [0.25, 0.3) is 0 Å². The second-order valence-electron chi connectivity index (χ2n) is 3.79. The summed E-state index contributed by atoms with van der Waals surface area (Å²) in [5, 5.41) is 0.0304. The van der Waals surface area contributed by atoms with Crippen molar-refractivity contribution in [2.24, 2.45) is 0 Å². The lowest BCUT2D eigenvalue weighted by Gasteiger charge is -2.27. The summed E-state index contributed by atoms with van der Waals surface area (Å²) in [7, 11) is 0. The van der Waals surface area contributed by atoms with E-state index in [1.54, 1.807) is 0 Å². The van der Waals surface area contributed by atoms with Crippen LogP contribution in [0, 0.1) is 0 Å². The van der Waals surface area contributed by atoms with Crippen LogP contribution in [0.15, 0.2) is 18.2 Å². The first-order chi connectivity index (χ1) is 7.39. The van der Waals surface area contributed by atoms with Crippen LogP contribution in [0.3, 0.4) is 0 Å². The van der Waals surface area contributed by atoms with Crippen molar-refractivity contribution in [1.82, 2.24) is 0 Å². The van der Waals surface area contributed by atoms with Crippen LogP contribution in [0.2, 0.25) is 5.02 Å². The molecule has 2 rings (SSSR count). The Hall–Kier alpha value is -1.03. The van der Waals surface area contributed by atoms with Crippen molar-refractivity contribution in [3.05, 3.63) is 34.3 Å². The highest BCUT2D eigenvalue weighted by Gasteiger charge is 2.39. The molecule has 1 fully saturated rings. The zero-order valence-electron chi connectivity index (χ0n) is 8.14. The van der Waals surface area contributed by atoms with E-state index in [0.717, 1.165) is 6.07 Å². The predicted molar refractivity (Wildman–Crippen MR) is 53.4 cm³/mol. The quantitative estimate of drug-likeness (QED) is 0.739. The summed E-state index contributed by atoms with van der Waals surface area (Å²) in [6.07, 6.45) is -3.61. The molecule has 86 valence electrons. The van der Waals surface area contributed by atoms with E-state index in [-0.39, 0.29) is 16.4 Å². The summed E-state index contributed by atoms with van der Waals surface area (Å²) in [6, 6.07) is 3.56. The predicted octanol–water partition coefficient (Wildman–Crippen LogP) is 3.81. The molecule has 1 atom stereocenters. The van der Waals surface area contributed by atoms with Gasteiger partial charge in [0.25, 0.3) is 0 Å². The number of benzene rings is 1. The van der Waals surface area contributed by atoms with Crippen molar-refractivity contribution < 1.29 is 18.0 Å². The van der Waals surface area contributed by atoms with Gasteiger partial charge in [-0.2, -0.15) is 13.2 Å². The minimum Gasteiger partial charge on any atom is -0.299 e. The SMILES string of the molecule is O=C1CCC1c1ccc(Cl)cc1C(F)(F)F. The van der Waals surface area contributed by atoms with Gasteiger partial charge >= 0.3 is 6.18 Å². The van der Waals surface area contributed by atoms with E-state index in [1.165, 1.54) is 12.1 Å². The first kappa shape index (κ1) is 11.5. The standard InChI is InChI=1S/C11H8ClF3O/c12-6-1-2-7(8-3-4-10(8)16)9(5-6)11(13,14)15/h1-2,5,8H,3-4H2. The van der Waals surface area contributed by atoms with Crippen molar-refractivity contribution in [2.45, 2.75) is 24.9 Å². The number of halogens is 4. The van der Waals surface area contributed by atoms with Crippen molar-refractivity contribution >= 4 is 17.4 Å². The molecule has 1 nitrogen and oxygen atoms in total. The van der Waals surface area contributed by atoms with E-state index in [2.05, 4.69) is 0 Å². The molecule has 1 aliphatic carbocycles. The molecule has 0 heterocycles. The van der Waals surface area contributed by atoms with Gasteiger partial charge in [-0.3, -0.25) is 4.79 Å². The number of hydrogen-bond donors (Lipinski definition) is 0. The fraction of sp³-hybridized carbons (Fsp3) is 0.364.